The molecule has 0 amide bonds. The van der Waals surface area contributed by atoms with Gasteiger partial charge in [-0.1, -0.05) is 16.8 Å². The summed E-state index contributed by atoms with van der Waals surface area (Å²) < 4.78 is 0.511. The zero-order valence-electron chi connectivity index (χ0n) is 4.44. The maximum Gasteiger partial charge on any atom is 0.268 e. The second-order valence-electron chi connectivity index (χ2n) is 1.23. The number of hydrazine groups is 1. The van der Waals surface area contributed by atoms with Gasteiger partial charge in [0.15, 0.2) is 8.95 Å². The Kier molecular flexibility index (Phi) is 2.12. The van der Waals surface area contributed by atoms with Gasteiger partial charge in [-0.25, -0.2) is 10.1 Å². The number of aromatic nitrogens is 2. The van der Waals surface area contributed by atoms with Crippen LogP contribution in [-0.4, -0.2) is 15.2 Å². The number of nitrogens with one attached hydrogen (secondary N) is 1. The van der Waals surface area contributed by atoms with Crippen LogP contribution in [0.3, 0.4) is 0 Å². The maximum atomic E-state index is 9.80. The van der Waals surface area contributed by atoms with E-state index in [9.17, 15) is 10.1 Å². The zero-order chi connectivity index (χ0) is 7.56. The van der Waals surface area contributed by atoms with E-state index in [0.717, 1.165) is 11.3 Å². The average molecular weight is 225 g/mol. The average Bonchev–Trinajstić information content (AvgIpc) is 2.13. The Balaban J connectivity index is 2.67. The summed E-state index contributed by atoms with van der Waals surface area (Å²) in [6, 6.07) is 0. The van der Waals surface area contributed by atoms with Crippen molar-refractivity contribution in [2.75, 3.05) is 5.43 Å². The van der Waals surface area contributed by atoms with E-state index in [4.69, 9.17) is 0 Å². The first kappa shape index (κ1) is 7.35. The molecule has 1 aromatic heterocycles. The molecule has 0 saturated carbocycles. The molecular formula is C2HBrN4O2S. The highest BCUT2D eigenvalue weighted by Crippen LogP contribution is 2.19. The van der Waals surface area contributed by atoms with Gasteiger partial charge >= 0.3 is 0 Å². The standard InChI is InChI=1S/C2HBrN4O2S/c3-1-4-5-2(10-1)6-7(8)9/h(H,5,6). The maximum absolute atomic E-state index is 9.80. The highest BCUT2D eigenvalue weighted by atomic mass is 79.9. The lowest BCUT2D eigenvalue weighted by molar-refractivity contribution is -0.445. The molecule has 6 nitrogen and oxygen atoms in total. The molecule has 0 unspecified atom stereocenters. The summed E-state index contributed by atoms with van der Waals surface area (Å²) >= 11 is 4.06. The Labute approximate surface area is 67.5 Å². The largest absolute Gasteiger partial charge is 0.268 e. The van der Waals surface area contributed by atoms with Crippen LogP contribution < -0.4 is 5.43 Å². The molecule has 10 heavy (non-hydrogen) atoms. The molecular weight excluding hydrogens is 224 g/mol. The lowest BCUT2D eigenvalue weighted by Crippen LogP contribution is -2.06. The van der Waals surface area contributed by atoms with Crippen LogP contribution in [0.25, 0.3) is 0 Å². The molecule has 0 fully saturated rings. The van der Waals surface area contributed by atoms with Gasteiger partial charge in [-0.05, 0) is 15.9 Å². The minimum absolute atomic E-state index is 0.164. The van der Waals surface area contributed by atoms with Crippen LogP contribution >= 0.6 is 27.3 Å². The number of nitro groups is 1. The van der Waals surface area contributed by atoms with Gasteiger partial charge in [-0.15, -0.1) is 10.2 Å². The van der Waals surface area contributed by atoms with Crippen LogP contribution in [-0.2, 0) is 0 Å². The van der Waals surface area contributed by atoms with E-state index in [1.54, 1.807) is 0 Å². The summed E-state index contributed by atoms with van der Waals surface area (Å²) in [7, 11) is 0. The quantitative estimate of drug-likeness (QED) is 0.597. The van der Waals surface area contributed by atoms with Crippen LogP contribution in [0.15, 0.2) is 3.92 Å². The van der Waals surface area contributed by atoms with Crippen molar-refractivity contribution in [3.8, 4) is 0 Å². The molecule has 0 atom stereocenters. The lowest BCUT2D eigenvalue weighted by Gasteiger charge is -1.84. The van der Waals surface area contributed by atoms with E-state index in [1.807, 2.05) is 5.43 Å². The first-order chi connectivity index (χ1) is 4.68. The van der Waals surface area contributed by atoms with Gasteiger partial charge in [0.05, 0.1) is 0 Å². The number of anilines is 1. The van der Waals surface area contributed by atoms with Crippen molar-refractivity contribution >= 4 is 32.4 Å². The second kappa shape index (κ2) is 2.88. The van der Waals surface area contributed by atoms with Gasteiger partial charge in [0.2, 0.25) is 0 Å². The van der Waals surface area contributed by atoms with Crippen LogP contribution in [0.1, 0.15) is 0 Å². The molecule has 54 valence electrons. The summed E-state index contributed by atoms with van der Waals surface area (Å²) in [5.74, 6) is 0. The topological polar surface area (TPSA) is 81.0 Å². The molecule has 0 aliphatic carbocycles. The van der Waals surface area contributed by atoms with Crippen molar-refractivity contribution < 1.29 is 5.03 Å². The van der Waals surface area contributed by atoms with Crippen LogP contribution in [0.5, 0.6) is 0 Å². The smallest absolute Gasteiger partial charge is 0.234 e. The zero-order valence-corrected chi connectivity index (χ0v) is 6.85. The predicted octanol–water partition coefficient (Wildman–Crippen LogP) is 0.904. The molecule has 0 spiro atoms. The minimum atomic E-state index is -0.688. The number of hydrogen-bond acceptors (Lipinski definition) is 5. The van der Waals surface area contributed by atoms with E-state index in [0.29, 0.717) is 3.92 Å². The molecule has 0 aliphatic rings. The Morgan fingerprint density at radius 3 is 2.80 bits per heavy atom. The van der Waals surface area contributed by atoms with E-state index >= 15 is 0 Å². The molecule has 0 saturated heterocycles. The molecule has 1 N–H and O–H groups in total. The lowest BCUT2D eigenvalue weighted by atomic mass is 11.3. The van der Waals surface area contributed by atoms with E-state index in [-0.39, 0.29) is 5.13 Å². The molecule has 1 aromatic rings. The monoisotopic (exact) mass is 224 g/mol. The van der Waals surface area contributed by atoms with Gasteiger partial charge in [0.25, 0.3) is 5.13 Å². The number of hydrogen-bond donors (Lipinski definition) is 1. The summed E-state index contributed by atoms with van der Waals surface area (Å²) in [4.78, 5) is 9.80. The van der Waals surface area contributed by atoms with E-state index in [2.05, 4.69) is 26.1 Å². The summed E-state index contributed by atoms with van der Waals surface area (Å²) in [6.07, 6.45) is 0. The van der Waals surface area contributed by atoms with Crippen LogP contribution in [0.4, 0.5) is 5.13 Å². The van der Waals surface area contributed by atoms with Gasteiger partial charge in [0.1, 0.15) is 0 Å². The predicted molar refractivity (Wildman–Crippen MR) is 38.2 cm³/mol. The van der Waals surface area contributed by atoms with Crippen LogP contribution in [0.2, 0.25) is 0 Å². The highest BCUT2D eigenvalue weighted by molar-refractivity contribution is 9.11. The van der Waals surface area contributed by atoms with E-state index < -0.39 is 5.03 Å². The third-order valence-corrected chi connectivity index (χ3v) is 1.85. The Hall–Kier alpha value is -0.760. The molecule has 0 aromatic carbocycles. The summed E-state index contributed by atoms with van der Waals surface area (Å²) in [5, 5.41) is 16.2. The third-order valence-electron chi connectivity index (χ3n) is 0.587. The Morgan fingerprint density at radius 2 is 2.40 bits per heavy atom. The molecule has 8 heteroatoms. The number of halogens is 1. The van der Waals surface area contributed by atoms with Crippen molar-refractivity contribution in [1.82, 2.24) is 10.2 Å². The number of nitrogens with zero attached hydrogens (tertiary/aromatic N) is 3. The molecule has 0 aliphatic heterocycles. The van der Waals surface area contributed by atoms with Crippen molar-refractivity contribution in [1.29, 1.82) is 0 Å². The molecule has 1 heterocycles. The fraction of sp³-hybridized carbons (Fsp3) is 0. The highest BCUT2D eigenvalue weighted by Gasteiger charge is 2.04. The first-order valence-electron chi connectivity index (χ1n) is 2.08. The van der Waals surface area contributed by atoms with E-state index in [1.165, 1.54) is 0 Å². The van der Waals surface area contributed by atoms with Crippen molar-refractivity contribution in [2.24, 2.45) is 0 Å². The van der Waals surface area contributed by atoms with Crippen molar-refractivity contribution in [3.63, 3.8) is 0 Å². The second-order valence-corrected chi connectivity index (χ2v) is 3.48. The summed E-state index contributed by atoms with van der Waals surface area (Å²) in [6.45, 7) is 0. The van der Waals surface area contributed by atoms with Crippen LogP contribution in [0, 0.1) is 10.1 Å². The fourth-order valence-corrected chi connectivity index (χ4v) is 1.31. The Bertz CT molecular complexity index is 249. The summed E-state index contributed by atoms with van der Waals surface area (Å²) in [5.41, 5.74) is 1.86. The van der Waals surface area contributed by atoms with Gasteiger partial charge in [-0.2, -0.15) is 0 Å². The minimum Gasteiger partial charge on any atom is -0.234 e. The molecule has 0 radical (unpaired) electrons. The van der Waals surface area contributed by atoms with Gasteiger partial charge < -0.3 is 0 Å². The molecule has 0 bridgehead atoms. The number of rotatable bonds is 2. The van der Waals surface area contributed by atoms with Gasteiger partial charge in [0, 0.05) is 0 Å². The first-order valence-corrected chi connectivity index (χ1v) is 3.69. The third kappa shape index (κ3) is 1.88. The SMILES string of the molecule is O=[N+]([O-])Nc1nnc(Br)s1. The van der Waals surface area contributed by atoms with Crippen molar-refractivity contribution in [3.05, 3.63) is 14.0 Å². The van der Waals surface area contributed by atoms with Crippen molar-refractivity contribution in [2.45, 2.75) is 0 Å². The normalized spacial score (nSPS) is 9.30. The Morgan fingerprint density at radius 1 is 1.70 bits per heavy atom. The fourth-order valence-electron chi connectivity index (χ4n) is 0.329. The molecule has 1 rings (SSSR count). The van der Waals surface area contributed by atoms with Gasteiger partial charge in [-0.3, -0.25) is 0 Å².